The summed E-state index contributed by atoms with van der Waals surface area (Å²) in [6, 6.07) is 13.2. The number of benzene rings is 2. The molecular weight excluding hydrogens is 294 g/mol. The molecule has 1 aliphatic rings. The van der Waals surface area contributed by atoms with Crippen LogP contribution in [0.15, 0.2) is 51.7 Å². The van der Waals surface area contributed by atoms with Crippen LogP contribution >= 0.6 is 0 Å². The molecule has 23 heavy (non-hydrogen) atoms. The summed E-state index contributed by atoms with van der Waals surface area (Å²) in [6.07, 6.45) is 0. The van der Waals surface area contributed by atoms with Crippen LogP contribution in [-0.4, -0.2) is 37.1 Å². The summed E-state index contributed by atoms with van der Waals surface area (Å²) in [5.41, 5.74) is -0.0211. The van der Waals surface area contributed by atoms with E-state index in [1.54, 1.807) is 17.0 Å². The number of amides is 1. The van der Waals surface area contributed by atoms with E-state index in [0.717, 1.165) is 16.2 Å². The van der Waals surface area contributed by atoms with Crippen molar-refractivity contribution < 1.29 is 13.9 Å². The van der Waals surface area contributed by atoms with Gasteiger partial charge < -0.3 is 14.1 Å². The molecule has 2 heterocycles. The van der Waals surface area contributed by atoms with Crippen LogP contribution in [0.5, 0.6) is 0 Å². The van der Waals surface area contributed by atoms with Crippen LogP contribution in [0, 0.1) is 0 Å². The van der Waals surface area contributed by atoms with Gasteiger partial charge in [-0.3, -0.25) is 4.79 Å². The average molecular weight is 309 g/mol. The van der Waals surface area contributed by atoms with Gasteiger partial charge in [0.1, 0.15) is 11.1 Å². The number of ether oxygens (including phenoxy) is 1. The number of nitrogens with zero attached hydrogens (tertiary/aromatic N) is 1. The van der Waals surface area contributed by atoms with Crippen LogP contribution in [0.1, 0.15) is 10.4 Å². The molecule has 0 radical (unpaired) electrons. The van der Waals surface area contributed by atoms with Gasteiger partial charge in [0.05, 0.1) is 13.2 Å². The molecule has 5 heteroatoms. The highest BCUT2D eigenvalue weighted by Gasteiger charge is 2.22. The third kappa shape index (κ3) is 2.39. The van der Waals surface area contributed by atoms with Gasteiger partial charge in [0.2, 0.25) is 0 Å². The predicted octanol–water partition coefficient (Wildman–Crippen LogP) is 2.42. The van der Waals surface area contributed by atoms with Crippen molar-refractivity contribution in [1.29, 1.82) is 0 Å². The van der Waals surface area contributed by atoms with Gasteiger partial charge >= 0.3 is 5.63 Å². The minimum Gasteiger partial charge on any atom is -0.422 e. The zero-order chi connectivity index (χ0) is 15.8. The molecule has 0 aliphatic carbocycles. The second-order valence-electron chi connectivity index (χ2n) is 5.55. The lowest BCUT2D eigenvalue weighted by atomic mass is 10.0. The topological polar surface area (TPSA) is 59.8 Å². The number of fused-ring (bicyclic) bond motifs is 3. The van der Waals surface area contributed by atoms with E-state index in [2.05, 4.69) is 0 Å². The Balaban J connectivity index is 1.89. The van der Waals surface area contributed by atoms with E-state index in [1.807, 2.05) is 30.3 Å². The summed E-state index contributed by atoms with van der Waals surface area (Å²) in [4.78, 5) is 26.5. The van der Waals surface area contributed by atoms with Crippen LogP contribution < -0.4 is 5.63 Å². The number of carbonyl (C=O) groups excluding carboxylic acids is 1. The fraction of sp³-hybridized carbons (Fsp3) is 0.222. The van der Waals surface area contributed by atoms with Gasteiger partial charge in [0, 0.05) is 18.5 Å². The molecule has 0 bridgehead atoms. The van der Waals surface area contributed by atoms with Gasteiger partial charge in [0.15, 0.2) is 0 Å². The largest absolute Gasteiger partial charge is 0.422 e. The molecule has 0 spiro atoms. The van der Waals surface area contributed by atoms with Gasteiger partial charge in [-0.05, 0) is 22.9 Å². The first-order chi connectivity index (χ1) is 11.2. The number of hydrogen-bond donors (Lipinski definition) is 0. The Morgan fingerprint density at radius 3 is 2.61 bits per heavy atom. The zero-order valence-electron chi connectivity index (χ0n) is 12.5. The van der Waals surface area contributed by atoms with E-state index >= 15 is 0 Å². The lowest BCUT2D eigenvalue weighted by Gasteiger charge is -2.26. The van der Waals surface area contributed by atoms with Crippen molar-refractivity contribution in [2.75, 3.05) is 26.3 Å². The molecule has 4 rings (SSSR count). The molecule has 5 nitrogen and oxygen atoms in total. The maximum Gasteiger partial charge on any atom is 0.349 e. The van der Waals surface area contributed by atoms with E-state index in [-0.39, 0.29) is 11.5 Å². The van der Waals surface area contributed by atoms with Crippen molar-refractivity contribution in [3.8, 4) is 0 Å². The molecular formula is C18H15NO4. The maximum atomic E-state index is 12.6. The molecule has 116 valence electrons. The molecule has 0 N–H and O–H groups in total. The van der Waals surface area contributed by atoms with Crippen LogP contribution in [0.2, 0.25) is 0 Å². The van der Waals surface area contributed by atoms with Gasteiger partial charge in [-0.2, -0.15) is 0 Å². The molecule has 3 aromatic rings. The highest BCUT2D eigenvalue weighted by molar-refractivity contribution is 6.07. The second-order valence-corrected chi connectivity index (χ2v) is 5.55. The Kier molecular flexibility index (Phi) is 3.35. The van der Waals surface area contributed by atoms with Crippen molar-refractivity contribution in [3.05, 3.63) is 58.4 Å². The molecule has 2 aromatic carbocycles. The molecule has 0 saturated carbocycles. The lowest BCUT2D eigenvalue weighted by molar-refractivity contribution is 0.0300. The smallest absolute Gasteiger partial charge is 0.349 e. The van der Waals surface area contributed by atoms with Crippen molar-refractivity contribution in [2.45, 2.75) is 0 Å². The Labute approximate surface area is 132 Å². The normalized spacial score (nSPS) is 15.2. The minimum atomic E-state index is -0.593. The van der Waals surface area contributed by atoms with E-state index in [4.69, 9.17) is 9.15 Å². The standard InChI is InChI=1S/C18H15NO4/c20-17(19-7-9-22-10-8-19)15-11-14-13-4-2-1-3-12(13)5-6-16(14)23-18(15)21/h1-6,11H,7-10H2. The summed E-state index contributed by atoms with van der Waals surface area (Å²) in [5.74, 6) is -0.295. The summed E-state index contributed by atoms with van der Waals surface area (Å²) in [5, 5.41) is 2.78. The number of carbonyl (C=O) groups is 1. The molecule has 1 amide bonds. The summed E-state index contributed by atoms with van der Waals surface area (Å²) >= 11 is 0. The van der Waals surface area contributed by atoms with Gasteiger partial charge in [-0.25, -0.2) is 4.79 Å². The summed E-state index contributed by atoms with van der Waals surface area (Å²) in [7, 11) is 0. The molecule has 0 atom stereocenters. The van der Waals surface area contributed by atoms with E-state index in [1.165, 1.54) is 0 Å². The van der Waals surface area contributed by atoms with Gasteiger partial charge in [-0.15, -0.1) is 0 Å². The monoisotopic (exact) mass is 309 g/mol. The van der Waals surface area contributed by atoms with E-state index in [9.17, 15) is 9.59 Å². The number of hydrogen-bond acceptors (Lipinski definition) is 4. The molecule has 1 fully saturated rings. The van der Waals surface area contributed by atoms with E-state index in [0.29, 0.717) is 31.9 Å². The fourth-order valence-corrected chi connectivity index (χ4v) is 2.96. The molecule has 0 unspecified atom stereocenters. The SMILES string of the molecule is O=C(c1cc2c(ccc3ccccc32)oc1=O)N1CCOCC1. The molecule has 1 saturated heterocycles. The van der Waals surface area contributed by atoms with Crippen molar-refractivity contribution in [3.63, 3.8) is 0 Å². The summed E-state index contributed by atoms with van der Waals surface area (Å²) < 4.78 is 10.6. The van der Waals surface area contributed by atoms with Crippen molar-refractivity contribution in [2.24, 2.45) is 0 Å². The third-order valence-electron chi connectivity index (χ3n) is 4.17. The van der Waals surface area contributed by atoms with E-state index < -0.39 is 5.63 Å². The van der Waals surface area contributed by atoms with Crippen LogP contribution in [0.25, 0.3) is 21.7 Å². The van der Waals surface area contributed by atoms with Crippen LogP contribution in [0.3, 0.4) is 0 Å². The van der Waals surface area contributed by atoms with Crippen LogP contribution in [-0.2, 0) is 4.74 Å². The Hall–Kier alpha value is -2.66. The third-order valence-corrected chi connectivity index (χ3v) is 4.17. The number of rotatable bonds is 1. The fourth-order valence-electron chi connectivity index (χ4n) is 2.96. The first-order valence-corrected chi connectivity index (χ1v) is 7.57. The molecule has 1 aliphatic heterocycles. The maximum absolute atomic E-state index is 12.6. The van der Waals surface area contributed by atoms with Crippen molar-refractivity contribution in [1.82, 2.24) is 4.90 Å². The Morgan fingerprint density at radius 2 is 1.78 bits per heavy atom. The quantitative estimate of drug-likeness (QED) is 0.511. The lowest BCUT2D eigenvalue weighted by Crippen LogP contribution is -2.42. The highest BCUT2D eigenvalue weighted by Crippen LogP contribution is 2.25. The average Bonchev–Trinajstić information content (AvgIpc) is 2.61. The Bertz CT molecular complexity index is 954. The van der Waals surface area contributed by atoms with Gasteiger partial charge in [0.25, 0.3) is 5.91 Å². The first kappa shape index (κ1) is 14.0. The predicted molar refractivity (Wildman–Crippen MR) is 86.7 cm³/mol. The van der Waals surface area contributed by atoms with Crippen molar-refractivity contribution >= 4 is 27.6 Å². The van der Waals surface area contributed by atoms with Crippen LogP contribution in [0.4, 0.5) is 0 Å². The second kappa shape index (κ2) is 5.52. The zero-order valence-corrected chi connectivity index (χ0v) is 12.5. The van der Waals surface area contributed by atoms with Gasteiger partial charge in [-0.1, -0.05) is 30.3 Å². The molecule has 1 aromatic heterocycles. The number of morpholine rings is 1. The Morgan fingerprint density at radius 1 is 1.00 bits per heavy atom. The first-order valence-electron chi connectivity index (χ1n) is 7.57. The summed E-state index contributed by atoms with van der Waals surface area (Å²) in [6.45, 7) is 1.97. The highest BCUT2D eigenvalue weighted by atomic mass is 16.5. The minimum absolute atomic E-state index is 0.0794.